The summed E-state index contributed by atoms with van der Waals surface area (Å²) in [5, 5.41) is 11.9. The van der Waals surface area contributed by atoms with Crippen LogP contribution in [0.4, 0.5) is 5.82 Å². The standard InChI is InChI=1S/C10H14N2O2/c1-6(2)12-9-4-8(10(13)14)7(3)5-11-9/h4-6H,1-3H3,(H,11,12)(H,13,14). The summed E-state index contributed by atoms with van der Waals surface area (Å²) in [5.74, 6) is -0.320. The molecule has 0 bridgehead atoms. The van der Waals surface area contributed by atoms with E-state index in [1.165, 1.54) is 0 Å². The Kier molecular flexibility index (Phi) is 3.06. The van der Waals surface area contributed by atoms with Crippen LogP contribution in [0.5, 0.6) is 0 Å². The molecule has 0 spiro atoms. The van der Waals surface area contributed by atoms with Crippen LogP contribution < -0.4 is 5.32 Å². The second kappa shape index (κ2) is 4.09. The van der Waals surface area contributed by atoms with Crippen LogP contribution in [-0.4, -0.2) is 22.1 Å². The molecule has 0 radical (unpaired) electrons. The van der Waals surface area contributed by atoms with E-state index < -0.39 is 5.97 Å². The Balaban J connectivity index is 3.00. The molecule has 4 heteroatoms. The lowest BCUT2D eigenvalue weighted by molar-refractivity contribution is 0.0696. The number of nitrogens with one attached hydrogen (secondary N) is 1. The van der Waals surface area contributed by atoms with E-state index in [1.54, 1.807) is 19.2 Å². The fourth-order valence-corrected chi connectivity index (χ4v) is 1.13. The first-order valence-electron chi connectivity index (χ1n) is 4.47. The lowest BCUT2D eigenvalue weighted by atomic mass is 10.1. The predicted molar refractivity (Wildman–Crippen MR) is 54.7 cm³/mol. The number of pyridine rings is 1. The zero-order chi connectivity index (χ0) is 10.7. The molecule has 1 heterocycles. The quantitative estimate of drug-likeness (QED) is 0.771. The number of aromatic nitrogens is 1. The van der Waals surface area contributed by atoms with Crippen LogP contribution in [-0.2, 0) is 0 Å². The van der Waals surface area contributed by atoms with Gasteiger partial charge in [-0.3, -0.25) is 0 Å². The number of carboxylic acid groups (broad SMARTS) is 1. The molecule has 0 saturated heterocycles. The van der Waals surface area contributed by atoms with Crippen LogP contribution >= 0.6 is 0 Å². The predicted octanol–water partition coefficient (Wildman–Crippen LogP) is 1.91. The van der Waals surface area contributed by atoms with Crippen LogP contribution in [0, 0.1) is 6.92 Å². The first kappa shape index (κ1) is 10.5. The lowest BCUT2D eigenvalue weighted by Gasteiger charge is -2.10. The maximum atomic E-state index is 10.8. The van der Waals surface area contributed by atoms with Crippen LogP contribution in [0.15, 0.2) is 12.3 Å². The third-order valence-electron chi connectivity index (χ3n) is 1.77. The summed E-state index contributed by atoms with van der Waals surface area (Å²) in [4.78, 5) is 14.9. The van der Waals surface area contributed by atoms with Crippen molar-refractivity contribution in [3.05, 3.63) is 23.4 Å². The van der Waals surface area contributed by atoms with Gasteiger partial charge in [-0.2, -0.15) is 0 Å². The van der Waals surface area contributed by atoms with Gasteiger partial charge in [0.2, 0.25) is 0 Å². The lowest BCUT2D eigenvalue weighted by Crippen LogP contribution is -2.12. The van der Waals surface area contributed by atoms with E-state index in [2.05, 4.69) is 10.3 Å². The number of aromatic carboxylic acids is 1. The molecular weight excluding hydrogens is 180 g/mol. The topological polar surface area (TPSA) is 62.2 Å². The van der Waals surface area contributed by atoms with Gasteiger partial charge in [-0.1, -0.05) is 0 Å². The fourth-order valence-electron chi connectivity index (χ4n) is 1.13. The minimum Gasteiger partial charge on any atom is -0.478 e. The van der Waals surface area contributed by atoms with Gasteiger partial charge in [0.15, 0.2) is 0 Å². The number of hydrogen-bond donors (Lipinski definition) is 2. The Labute approximate surface area is 83.0 Å². The molecule has 0 aliphatic heterocycles. The number of carboxylic acids is 1. The third-order valence-corrected chi connectivity index (χ3v) is 1.77. The molecule has 1 rings (SSSR count). The van der Waals surface area contributed by atoms with Crippen LogP contribution in [0.2, 0.25) is 0 Å². The van der Waals surface area contributed by atoms with Gasteiger partial charge in [-0.25, -0.2) is 9.78 Å². The Bertz CT molecular complexity index is 348. The summed E-state index contributed by atoms with van der Waals surface area (Å²) in [5.41, 5.74) is 0.968. The second-order valence-electron chi connectivity index (χ2n) is 3.49. The van der Waals surface area contributed by atoms with Crippen LogP contribution in [0.3, 0.4) is 0 Å². The van der Waals surface area contributed by atoms with Gasteiger partial charge < -0.3 is 10.4 Å². The average Bonchev–Trinajstić information content (AvgIpc) is 2.07. The molecule has 76 valence electrons. The van der Waals surface area contributed by atoms with Gasteiger partial charge in [0, 0.05) is 12.2 Å². The average molecular weight is 194 g/mol. The van der Waals surface area contributed by atoms with Crippen molar-refractivity contribution in [1.29, 1.82) is 0 Å². The molecule has 1 aromatic rings. The zero-order valence-corrected chi connectivity index (χ0v) is 8.53. The van der Waals surface area contributed by atoms with Crippen molar-refractivity contribution in [3.63, 3.8) is 0 Å². The first-order valence-corrected chi connectivity index (χ1v) is 4.47. The van der Waals surface area contributed by atoms with Crippen LogP contribution in [0.25, 0.3) is 0 Å². The van der Waals surface area contributed by atoms with Gasteiger partial charge in [0.1, 0.15) is 5.82 Å². The Morgan fingerprint density at radius 3 is 2.71 bits per heavy atom. The van der Waals surface area contributed by atoms with Gasteiger partial charge in [0.05, 0.1) is 5.56 Å². The molecule has 0 aliphatic carbocycles. The summed E-state index contributed by atoms with van der Waals surface area (Å²) < 4.78 is 0. The normalized spacial score (nSPS) is 10.3. The minimum absolute atomic E-state index is 0.242. The first-order chi connectivity index (χ1) is 6.50. The minimum atomic E-state index is -0.920. The summed E-state index contributed by atoms with van der Waals surface area (Å²) in [6.07, 6.45) is 1.56. The molecule has 0 aliphatic rings. The number of hydrogen-bond acceptors (Lipinski definition) is 3. The molecule has 4 nitrogen and oxygen atoms in total. The molecule has 0 aromatic carbocycles. The molecule has 1 aromatic heterocycles. The van der Waals surface area contributed by atoms with Crippen molar-refractivity contribution in [2.24, 2.45) is 0 Å². The molecule has 0 fully saturated rings. The van der Waals surface area contributed by atoms with Crippen molar-refractivity contribution in [1.82, 2.24) is 4.98 Å². The zero-order valence-electron chi connectivity index (χ0n) is 8.53. The SMILES string of the molecule is Cc1cnc(NC(C)C)cc1C(=O)O. The van der Waals surface area contributed by atoms with Gasteiger partial charge in [-0.15, -0.1) is 0 Å². The van der Waals surface area contributed by atoms with Crippen molar-refractivity contribution in [2.45, 2.75) is 26.8 Å². The Hall–Kier alpha value is -1.58. The van der Waals surface area contributed by atoms with Crippen molar-refractivity contribution < 1.29 is 9.90 Å². The van der Waals surface area contributed by atoms with E-state index in [9.17, 15) is 4.79 Å². The monoisotopic (exact) mass is 194 g/mol. The maximum Gasteiger partial charge on any atom is 0.336 e. The summed E-state index contributed by atoms with van der Waals surface area (Å²) >= 11 is 0. The largest absolute Gasteiger partial charge is 0.478 e. The number of aryl methyl sites for hydroxylation is 1. The van der Waals surface area contributed by atoms with Gasteiger partial charge in [0.25, 0.3) is 0 Å². The van der Waals surface area contributed by atoms with Crippen molar-refractivity contribution >= 4 is 11.8 Å². The van der Waals surface area contributed by atoms with Gasteiger partial charge >= 0.3 is 5.97 Å². The molecule has 2 N–H and O–H groups in total. The maximum absolute atomic E-state index is 10.8. The number of anilines is 1. The number of nitrogens with zero attached hydrogens (tertiary/aromatic N) is 1. The van der Waals surface area contributed by atoms with Gasteiger partial charge in [-0.05, 0) is 32.4 Å². The van der Waals surface area contributed by atoms with Crippen molar-refractivity contribution in [3.8, 4) is 0 Å². The molecule has 0 atom stereocenters. The highest BCUT2D eigenvalue weighted by Gasteiger charge is 2.08. The summed E-state index contributed by atoms with van der Waals surface area (Å²) in [7, 11) is 0. The molecule has 0 amide bonds. The molecule has 14 heavy (non-hydrogen) atoms. The second-order valence-corrected chi connectivity index (χ2v) is 3.49. The summed E-state index contributed by atoms with van der Waals surface area (Å²) in [6.45, 7) is 5.68. The molecule has 0 saturated carbocycles. The van der Waals surface area contributed by atoms with E-state index >= 15 is 0 Å². The molecule has 0 unspecified atom stereocenters. The van der Waals surface area contributed by atoms with Crippen LogP contribution in [0.1, 0.15) is 29.8 Å². The fraction of sp³-hybridized carbons (Fsp3) is 0.400. The van der Waals surface area contributed by atoms with E-state index in [0.717, 1.165) is 0 Å². The highest BCUT2D eigenvalue weighted by atomic mass is 16.4. The van der Waals surface area contributed by atoms with E-state index in [4.69, 9.17) is 5.11 Å². The number of rotatable bonds is 3. The Morgan fingerprint density at radius 1 is 1.57 bits per heavy atom. The molecular formula is C10H14N2O2. The smallest absolute Gasteiger partial charge is 0.336 e. The Morgan fingerprint density at radius 2 is 2.21 bits per heavy atom. The van der Waals surface area contributed by atoms with E-state index in [1.807, 2.05) is 13.8 Å². The number of carbonyl (C=O) groups is 1. The highest BCUT2D eigenvalue weighted by Crippen LogP contribution is 2.12. The van der Waals surface area contributed by atoms with E-state index in [0.29, 0.717) is 16.9 Å². The highest BCUT2D eigenvalue weighted by molar-refractivity contribution is 5.90. The summed E-state index contributed by atoms with van der Waals surface area (Å²) in [6, 6.07) is 1.80. The van der Waals surface area contributed by atoms with Crippen molar-refractivity contribution in [2.75, 3.05) is 5.32 Å². The third kappa shape index (κ3) is 2.45. The van der Waals surface area contributed by atoms with E-state index in [-0.39, 0.29) is 6.04 Å².